The first-order chi connectivity index (χ1) is 5.35. The summed E-state index contributed by atoms with van der Waals surface area (Å²) < 4.78 is 6.00. The number of alkyl halides is 1. The average molecular weight is 219 g/mol. The third-order valence-electron chi connectivity index (χ3n) is 3.03. The van der Waals surface area contributed by atoms with E-state index >= 15 is 0 Å². The van der Waals surface area contributed by atoms with Gasteiger partial charge in [-0.15, -0.1) is 0 Å². The Morgan fingerprint density at radius 3 is 2.64 bits per heavy atom. The van der Waals surface area contributed by atoms with E-state index in [0.29, 0.717) is 11.7 Å². The van der Waals surface area contributed by atoms with Crippen LogP contribution in [0.1, 0.15) is 38.5 Å². The molecule has 0 aromatic heterocycles. The molecule has 11 heavy (non-hydrogen) atoms. The second-order valence-electron chi connectivity index (χ2n) is 3.79. The lowest BCUT2D eigenvalue weighted by molar-refractivity contribution is -0.0909. The van der Waals surface area contributed by atoms with Gasteiger partial charge >= 0.3 is 0 Å². The summed E-state index contributed by atoms with van der Waals surface area (Å²) in [7, 11) is 0. The molecule has 0 N–H and O–H groups in total. The average Bonchev–Trinajstić information content (AvgIpc) is 2.32. The molecule has 0 bridgehead atoms. The molecule has 1 aliphatic carbocycles. The lowest BCUT2D eigenvalue weighted by Crippen LogP contribution is -2.36. The highest BCUT2D eigenvalue weighted by Crippen LogP contribution is 2.46. The number of rotatable bonds is 2. The summed E-state index contributed by atoms with van der Waals surface area (Å²) in [4.78, 5) is 0. The van der Waals surface area contributed by atoms with Crippen molar-refractivity contribution in [2.75, 3.05) is 5.33 Å². The second kappa shape index (κ2) is 3.06. The molecule has 1 spiro atoms. The summed E-state index contributed by atoms with van der Waals surface area (Å²) in [6, 6.07) is 0. The normalized spacial score (nSPS) is 34.1. The van der Waals surface area contributed by atoms with Crippen LogP contribution in [-0.2, 0) is 4.74 Å². The molecular formula is C9H15BrO. The number of halogens is 1. The van der Waals surface area contributed by atoms with E-state index in [1.54, 1.807) is 0 Å². The summed E-state index contributed by atoms with van der Waals surface area (Å²) in [5, 5.41) is 1.09. The lowest BCUT2D eigenvalue weighted by atomic mass is 9.78. The Kier molecular flexibility index (Phi) is 2.24. The summed E-state index contributed by atoms with van der Waals surface area (Å²) in [6.07, 6.45) is 8.42. The van der Waals surface area contributed by atoms with Crippen molar-refractivity contribution >= 4 is 15.9 Å². The molecule has 1 nitrogen and oxygen atoms in total. The Balaban J connectivity index is 1.83. The van der Waals surface area contributed by atoms with Crippen LogP contribution in [0.2, 0.25) is 0 Å². The van der Waals surface area contributed by atoms with Gasteiger partial charge in [0.15, 0.2) is 0 Å². The molecule has 1 aliphatic heterocycles. The highest BCUT2D eigenvalue weighted by atomic mass is 79.9. The molecule has 0 radical (unpaired) electrons. The molecule has 1 atom stereocenters. The first-order valence-electron chi connectivity index (χ1n) is 4.58. The summed E-state index contributed by atoms with van der Waals surface area (Å²) >= 11 is 3.46. The van der Waals surface area contributed by atoms with E-state index in [1.807, 2.05) is 0 Å². The van der Waals surface area contributed by atoms with Crippen molar-refractivity contribution in [3.8, 4) is 0 Å². The van der Waals surface area contributed by atoms with Crippen molar-refractivity contribution in [1.29, 1.82) is 0 Å². The van der Waals surface area contributed by atoms with Crippen LogP contribution in [0.3, 0.4) is 0 Å². The first kappa shape index (κ1) is 8.06. The molecule has 0 amide bonds. The van der Waals surface area contributed by atoms with Crippen molar-refractivity contribution in [2.45, 2.75) is 50.2 Å². The van der Waals surface area contributed by atoms with Crippen molar-refractivity contribution < 1.29 is 4.74 Å². The van der Waals surface area contributed by atoms with Crippen LogP contribution >= 0.6 is 15.9 Å². The van der Waals surface area contributed by atoms with Gasteiger partial charge in [-0.1, -0.05) is 15.9 Å². The minimum Gasteiger partial charge on any atom is -0.372 e. The van der Waals surface area contributed by atoms with E-state index in [2.05, 4.69) is 15.9 Å². The van der Waals surface area contributed by atoms with Crippen molar-refractivity contribution in [3.05, 3.63) is 0 Å². The van der Waals surface area contributed by atoms with Gasteiger partial charge in [-0.05, 0) is 38.5 Å². The maximum absolute atomic E-state index is 6.00. The van der Waals surface area contributed by atoms with Crippen molar-refractivity contribution in [1.82, 2.24) is 0 Å². The molecule has 2 rings (SSSR count). The molecule has 2 heteroatoms. The minimum atomic E-state index is 0.368. The van der Waals surface area contributed by atoms with E-state index in [-0.39, 0.29) is 0 Å². The number of ether oxygens (including phenoxy) is 1. The van der Waals surface area contributed by atoms with Gasteiger partial charge in [0.1, 0.15) is 0 Å². The first-order valence-corrected chi connectivity index (χ1v) is 5.71. The van der Waals surface area contributed by atoms with Crippen LogP contribution in [0, 0.1) is 0 Å². The highest BCUT2D eigenvalue weighted by molar-refractivity contribution is 9.09. The third kappa shape index (κ3) is 1.48. The summed E-state index contributed by atoms with van der Waals surface area (Å²) in [6.45, 7) is 0. The quantitative estimate of drug-likeness (QED) is 0.649. The fourth-order valence-electron chi connectivity index (χ4n) is 2.16. The smallest absolute Gasteiger partial charge is 0.0687 e. The zero-order valence-electron chi connectivity index (χ0n) is 6.81. The Morgan fingerprint density at radius 2 is 2.18 bits per heavy atom. The van der Waals surface area contributed by atoms with Crippen molar-refractivity contribution in [2.24, 2.45) is 0 Å². The van der Waals surface area contributed by atoms with E-state index < -0.39 is 0 Å². The zero-order chi connectivity index (χ0) is 7.73. The molecule has 2 aliphatic rings. The molecule has 64 valence electrons. The standard InChI is InChI=1S/C9H15BrO/c10-7-3-8-2-6-9(11-8)4-1-5-9/h8H,1-7H2. The van der Waals surface area contributed by atoms with Gasteiger partial charge in [0.2, 0.25) is 0 Å². The van der Waals surface area contributed by atoms with Crippen LogP contribution in [0.5, 0.6) is 0 Å². The maximum Gasteiger partial charge on any atom is 0.0687 e. The zero-order valence-corrected chi connectivity index (χ0v) is 8.40. The summed E-state index contributed by atoms with van der Waals surface area (Å²) in [5.74, 6) is 0. The molecule has 0 aromatic rings. The molecule has 1 heterocycles. The van der Waals surface area contributed by atoms with Crippen molar-refractivity contribution in [3.63, 3.8) is 0 Å². The van der Waals surface area contributed by atoms with Gasteiger partial charge in [-0.3, -0.25) is 0 Å². The van der Waals surface area contributed by atoms with Gasteiger partial charge in [0.05, 0.1) is 11.7 Å². The monoisotopic (exact) mass is 218 g/mol. The van der Waals surface area contributed by atoms with Gasteiger partial charge in [0.25, 0.3) is 0 Å². The second-order valence-corrected chi connectivity index (χ2v) is 4.59. The lowest BCUT2D eigenvalue weighted by Gasteiger charge is -2.37. The Bertz CT molecular complexity index is 142. The molecule has 2 fully saturated rings. The van der Waals surface area contributed by atoms with Crippen LogP contribution < -0.4 is 0 Å². The number of hydrogen-bond donors (Lipinski definition) is 0. The summed E-state index contributed by atoms with van der Waals surface area (Å²) in [5.41, 5.74) is 0.368. The molecule has 1 saturated carbocycles. The van der Waals surface area contributed by atoms with Gasteiger partial charge in [-0.2, -0.15) is 0 Å². The van der Waals surface area contributed by atoms with Gasteiger partial charge in [0, 0.05) is 5.33 Å². The van der Waals surface area contributed by atoms with E-state index in [4.69, 9.17) is 4.74 Å². The van der Waals surface area contributed by atoms with E-state index in [0.717, 1.165) is 5.33 Å². The Morgan fingerprint density at radius 1 is 1.36 bits per heavy atom. The predicted octanol–water partition coefficient (Wildman–Crippen LogP) is 2.87. The van der Waals surface area contributed by atoms with Gasteiger partial charge in [-0.25, -0.2) is 0 Å². The maximum atomic E-state index is 6.00. The Labute approximate surface area is 76.6 Å². The molecular weight excluding hydrogens is 204 g/mol. The van der Waals surface area contributed by atoms with Crippen LogP contribution in [0.25, 0.3) is 0 Å². The Hall–Kier alpha value is 0.440. The fourth-order valence-corrected chi connectivity index (χ4v) is 2.67. The fraction of sp³-hybridized carbons (Fsp3) is 1.00. The topological polar surface area (TPSA) is 9.23 Å². The minimum absolute atomic E-state index is 0.368. The highest BCUT2D eigenvalue weighted by Gasteiger charge is 2.44. The predicted molar refractivity (Wildman–Crippen MR) is 49.1 cm³/mol. The van der Waals surface area contributed by atoms with Gasteiger partial charge < -0.3 is 4.74 Å². The number of hydrogen-bond acceptors (Lipinski definition) is 1. The van der Waals surface area contributed by atoms with Crippen LogP contribution in [0.15, 0.2) is 0 Å². The molecule has 1 saturated heterocycles. The van der Waals surface area contributed by atoms with E-state index in [1.165, 1.54) is 38.5 Å². The molecule has 1 unspecified atom stereocenters. The SMILES string of the molecule is BrCCC1CCC2(CCC2)O1. The largest absolute Gasteiger partial charge is 0.372 e. The molecule has 0 aromatic carbocycles. The third-order valence-corrected chi connectivity index (χ3v) is 3.49. The van der Waals surface area contributed by atoms with Crippen LogP contribution in [-0.4, -0.2) is 17.0 Å². The van der Waals surface area contributed by atoms with E-state index in [9.17, 15) is 0 Å². The van der Waals surface area contributed by atoms with Crippen LogP contribution in [0.4, 0.5) is 0 Å².